The lowest BCUT2D eigenvalue weighted by Gasteiger charge is -2.50. The van der Waals surface area contributed by atoms with Crippen LogP contribution in [0.2, 0.25) is 0 Å². The Morgan fingerprint density at radius 3 is 2.71 bits per heavy atom. The van der Waals surface area contributed by atoms with Crippen LogP contribution in [0.5, 0.6) is 0 Å². The molecule has 0 bridgehead atoms. The van der Waals surface area contributed by atoms with E-state index in [1.807, 2.05) is 0 Å². The molecule has 2 fully saturated rings. The van der Waals surface area contributed by atoms with Gasteiger partial charge in [-0.2, -0.15) is 0 Å². The fraction of sp³-hybridized carbons (Fsp3) is 0.875. The van der Waals surface area contributed by atoms with E-state index in [2.05, 4.69) is 41.2 Å². The topological polar surface area (TPSA) is 9.23 Å². The Kier molecular flexibility index (Phi) is 3.31. The number of hydrogen-bond acceptors (Lipinski definition) is 1. The van der Waals surface area contributed by atoms with Gasteiger partial charge in [0.15, 0.2) is 0 Å². The lowest BCUT2D eigenvalue weighted by molar-refractivity contribution is -0.0207. The highest BCUT2D eigenvalue weighted by molar-refractivity contribution is 5.10. The van der Waals surface area contributed by atoms with Crippen molar-refractivity contribution >= 4 is 0 Å². The van der Waals surface area contributed by atoms with Gasteiger partial charge in [-0.1, -0.05) is 47.6 Å². The Bertz CT molecular complexity index is 305. The average Bonchev–Trinajstić information content (AvgIpc) is 2.66. The largest absolute Gasteiger partial charge is 0.498 e. The molecule has 1 saturated carbocycles. The third-order valence-electron chi connectivity index (χ3n) is 5.73. The summed E-state index contributed by atoms with van der Waals surface area (Å²) in [6, 6.07) is 0. The van der Waals surface area contributed by atoms with Crippen molar-refractivity contribution < 1.29 is 4.74 Å². The van der Waals surface area contributed by atoms with E-state index >= 15 is 0 Å². The molecule has 0 aromatic rings. The van der Waals surface area contributed by atoms with E-state index < -0.39 is 0 Å². The fourth-order valence-electron chi connectivity index (χ4n) is 4.39. The summed E-state index contributed by atoms with van der Waals surface area (Å²) in [5, 5.41) is 0. The molecule has 17 heavy (non-hydrogen) atoms. The number of rotatable bonds is 2. The Morgan fingerprint density at radius 2 is 2.12 bits per heavy atom. The number of hydrogen-bond donors (Lipinski definition) is 0. The molecule has 0 aromatic heterocycles. The van der Waals surface area contributed by atoms with Gasteiger partial charge in [0.05, 0.1) is 12.4 Å². The van der Waals surface area contributed by atoms with Crippen LogP contribution >= 0.6 is 0 Å². The van der Waals surface area contributed by atoms with E-state index in [0.717, 1.165) is 30.1 Å². The van der Waals surface area contributed by atoms with Crippen LogP contribution in [-0.4, -0.2) is 6.61 Å². The standard InChI is InChI=1S/C16H28O/c1-7-10(2)13-8-11(3)15-12(4)17-9-14(15)16(13,5)6/h10-11,13-15H,4,7-9H2,1-3,5-6H3/t10?,11?,13-,14-,15+/m1/s1. The molecular weight excluding hydrogens is 208 g/mol. The summed E-state index contributed by atoms with van der Waals surface area (Å²) >= 11 is 0. The molecule has 0 amide bonds. The van der Waals surface area contributed by atoms with Crippen molar-refractivity contribution in [2.45, 2.75) is 47.5 Å². The first-order valence-corrected chi connectivity index (χ1v) is 7.21. The minimum Gasteiger partial charge on any atom is -0.498 e. The van der Waals surface area contributed by atoms with Crippen LogP contribution in [0.4, 0.5) is 0 Å². The third-order valence-corrected chi connectivity index (χ3v) is 5.73. The molecule has 1 heterocycles. The van der Waals surface area contributed by atoms with Gasteiger partial charge in [-0.15, -0.1) is 0 Å². The molecule has 1 aliphatic carbocycles. The van der Waals surface area contributed by atoms with Crippen LogP contribution in [0.25, 0.3) is 0 Å². The predicted octanol–water partition coefficient (Wildman–Crippen LogP) is 4.49. The lowest BCUT2D eigenvalue weighted by Crippen LogP contribution is -2.46. The maximum absolute atomic E-state index is 5.77. The van der Waals surface area contributed by atoms with E-state index in [1.54, 1.807) is 0 Å². The first-order valence-electron chi connectivity index (χ1n) is 7.21. The number of ether oxygens (including phenoxy) is 1. The van der Waals surface area contributed by atoms with Gasteiger partial charge in [0.25, 0.3) is 0 Å². The van der Waals surface area contributed by atoms with Crippen LogP contribution in [0.1, 0.15) is 47.5 Å². The molecule has 1 heteroatoms. The monoisotopic (exact) mass is 236 g/mol. The van der Waals surface area contributed by atoms with Gasteiger partial charge in [-0.25, -0.2) is 0 Å². The molecule has 2 aliphatic rings. The highest BCUT2D eigenvalue weighted by Crippen LogP contribution is 2.57. The molecule has 1 saturated heterocycles. The zero-order valence-corrected chi connectivity index (χ0v) is 12.1. The second-order valence-corrected chi connectivity index (χ2v) is 6.94. The molecule has 5 atom stereocenters. The first-order chi connectivity index (χ1) is 7.89. The highest BCUT2D eigenvalue weighted by Gasteiger charge is 2.53. The normalized spacial score (nSPS) is 41.8. The van der Waals surface area contributed by atoms with Crippen LogP contribution in [-0.2, 0) is 4.74 Å². The molecular formula is C16H28O. The van der Waals surface area contributed by atoms with E-state index in [-0.39, 0.29) is 0 Å². The first kappa shape index (κ1) is 13.0. The molecule has 0 radical (unpaired) electrons. The second kappa shape index (κ2) is 4.33. The minimum absolute atomic E-state index is 0.395. The van der Waals surface area contributed by atoms with E-state index in [1.165, 1.54) is 12.8 Å². The molecule has 0 aromatic carbocycles. The predicted molar refractivity (Wildman–Crippen MR) is 72.6 cm³/mol. The Balaban J connectivity index is 2.28. The molecule has 2 unspecified atom stereocenters. The summed E-state index contributed by atoms with van der Waals surface area (Å²) in [4.78, 5) is 0. The van der Waals surface area contributed by atoms with Crippen molar-refractivity contribution in [3.63, 3.8) is 0 Å². The zero-order valence-electron chi connectivity index (χ0n) is 12.1. The lowest BCUT2D eigenvalue weighted by atomic mass is 9.53. The van der Waals surface area contributed by atoms with Crippen LogP contribution in [0, 0.1) is 35.0 Å². The van der Waals surface area contributed by atoms with Gasteiger partial charge in [-0.3, -0.25) is 0 Å². The summed E-state index contributed by atoms with van der Waals surface area (Å²) in [5.41, 5.74) is 0.395. The maximum atomic E-state index is 5.77. The van der Waals surface area contributed by atoms with Crippen LogP contribution in [0.3, 0.4) is 0 Å². The quantitative estimate of drug-likeness (QED) is 0.686. The highest BCUT2D eigenvalue weighted by atomic mass is 16.5. The Morgan fingerprint density at radius 1 is 1.47 bits per heavy atom. The third kappa shape index (κ3) is 1.92. The van der Waals surface area contributed by atoms with Crippen molar-refractivity contribution in [1.82, 2.24) is 0 Å². The van der Waals surface area contributed by atoms with Gasteiger partial charge in [-0.05, 0) is 29.6 Å². The van der Waals surface area contributed by atoms with Gasteiger partial charge in [0.1, 0.15) is 0 Å². The SMILES string of the molecule is C=C1OC[C@@H]2[C@H]1C(C)C[C@H](C(C)CC)C2(C)C. The number of allylic oxidation sites excluding steroid dienone is 1. The van der Waals surface area contributed by atoms with E-state index in [4.69, 9.17) is 4.74 Å². The van der Waals surface area contributed by atoms with Crippen molar-refractivity contribution in [3.8, 4) is 0 Å². The molecule has 2 rings (SSSR count). The van der Waals surface area contributed by atoms with Crippen molar-refractivity contribution in [2.24, 2.45) is 35.0 Å². The minimum atomic E-state index is 0.395. The Labute approximate surface area is 107 Å². The van der Waals surface area contributed by atoms with E-state index in [9.17, 15) is 0 Å². The van der Waals surface area contributed by atoms with Gasteiger partial charge in [0, 0.05) is 11.8 Å². The van der Waals surface area contributed by atoms with Crippen molar-refractivity contribution in [1.29, 1.82) is 0 Å². The molecule has 1 aliphatic heterocycles. The van der Waals surface area contributed by atoms with Crippen molar-refractivity contribution in [2.75, 3.05) is 6.61 Å². The molecule has 0 spiro atoms. The summed E-state index contributed by atoms with van der Waals surface area (Å²) in [6.45, 7) is 17.1. The molecule has 1 nitrogen and oxygen atoms in total. The molecule has 98 valence electrons. The van der Waals surface area contributed by atoms with E-state index in [0.29, 0.717) is 17.3 Å². The summed E-state index contributed by atoms with van der Waals surface area (Å²) in [7, 11) is 0. The van der Waals surface area contributed by atoms with Gasteiger partial charge in [0.2, 0.25) is 0 Å². The number of fused-ring (bicyclic) bond motifs is 1. The summed E-state index contributed by atoms with van der Waals surface area (Å²) in [6.07, 6.45) is 2.63. The fourth-order valence-corrected chi connectivity index (χ4v) is 4.39. The van der Waals surface area contributed by atoms with Crippen LogP contribution in [0.15, 0.2) is 12.3 Å². The Hall–Kier alpha value is -0.460. The molecule has 0 N–H and O–H groups in total. The van der Waals surface area contributed by atoms with Crippen molar-refractivity contribution in [3.05, 3.63) is 12.3 Å². The van der Waals surface area contributed by atoms with Crippen LogP contribution < -0.4 is 0 Å². The zero-order chi connectivity index (χ0) is 12.8. The van der Waals surface area contributed by atoms with Gasteiger partial charge < -0.3 is 4.74 Å². The van der Waals surface area contributed by atoms with Gasteiger partial charge >= 0.3 is 0 Å². The summed E-state index contributed by atoms with van der Waals surface area (Å²) < 4.78 is 5.77. The summed E-state index contributed by atoms with van der Waals surface area (Å²) in [5.74, 6) is 4.73. The maximum Gasteiger partial charge on any atom is 0.0926 e. The average molecular weight is 236 g/mol. The second-order valence-electron chi connectivity index (χ2n) is 6.94. The smallest absolute Gasteiger partial charge is 0.0926 e.